The van der Waals surface area contributed by atoms with Gasteiger partial charge in [0, 0.05) is 12.0 Å². The molecule has 142 valence electrons. The average Bonchev–Trinajstić information content (AvgIpc) is 3.10. The maximum Gasteiger partial charge on any atom is 0.148 e. The van der Waals surface area contributed by atoms with E-state index in [9.17, 15) is 15.3 Å². The minimum Gasteiger partial charge on any atom is -0.387 e. The quantitative estimate of drug-likeness (QED) is 0.666. The van der Waals surface area contributed by atoms with Gasteiger partial charge in [-0.2, -0.15) is 0 Å². The molecule has 9 unspecified atom stereocenters. The van der Waals surface area contributed by atoms with Crippen molar-refractivity contribution in [2.24, 2.45) is 29.1 Å². The first-order chi connectivity index (χ1) is 11.7. The number of aliphatic hydroxyl groups excluding tert-OH is 1. The molecule has 0 aromatic rings. The molecule has 5 heteroatoms. The number of hydrogen-bond donors (Lipinski definition) is 3. The zero-order valence-corrected chi connectivity index (χ0v) is 15.6. The molecule has 3 N–H and O–H groups in total. The second kappa shape index (κ2) is 4.79. The Balaban J connectivity index is 1.64. The number of ether oxygens (including phenoxy) is 2. The van der Waals surface area contributed by atoms with Gasteiger partial charge in [0.2, 0.25) is 0 Å². The lowest BCUT2D eigenvalue weighted by molar-refractivity contribution is -0.311. The SMILES string of the molecule is CC(C)C12CCC3(O)C4(C)CCC5COCC5C4CC(O1)C3(O)C2O. The number of hydrogen-bond acceptors (Lipinski definition) is 5. The van der Waals surface area contributed by atoms with E-state index in [2.05, 4.69) is 6.92 Å². The largest absolute Gasteiger partial charge is 0.387 e. The monoisotopic (exact) mass is 352 g/mol. The van der Waals surface area contributed by atoms with E-state index in [1.807, 2.05) is 13.8 Å². The van der Waals surface area contributed by atoms with E-state index in [1.165, 1.54) is 0 Å². The van der Waals surface area contributed by atoms with Gasteiger partial charge in [-0.1, -0.05) is 20.8 Å². The summed E-state index contributed by atoms with van der Waals surface area (Å²) in [6, 6.07) is 0. The molecule has 2 saturated heterocycles. The van der Waals surface area contributed by atoms with Crippen molar-refractivity contribution in [1.29, 1.82) is 0 Å². The van der Waals surface area contributed by atoms with Crippen LogP contribution in [0, 0.1) is 29.1 Å². The molecule has 0 aromatic carbocycles. The van der Waals surface area contributed by atoms with Gasteiger partial charge in [-0.15, -0.1) is 0 Å². The lowest BCUT2D eigenvalue weighted by atomic mass is 9.41. The van der Waals surface area contributed by atoms with Gasteiger partial charge in [0.25, 0.3) is 0 Å². The van der Waals surface area contributed by atoms with E-state index >= 15 is 0 Å². The van der Waals surface area contributed by atoms with Crippen molar-refractivity contribution in [2.75, 3.05) is 13.2 Å². The molecular formula is C20H32O5. The minimum atomic E-state index is -1.56. The standard InChI is InChI=1S/C20H32O5/c1-11(2)18-6-7-19(22)17(3)5-4-12-9-24-10-13(12)14(17)8-15(25-18)20(19,23)16(18)21/h11-16,21-23H,4-10H2,1-3H3. The lowest BCUT2D eigenvalue weighted by Gasteiger charge is -2.66. The summed E-state index contributed by atoms with van der Waals surface area (Å²) in [6.45, 7) is 7.82. The summed E-state index contributed by atoms with van der Waals surface area (Å²) in [7, 11) is 0. The number of aliphatic hydroxyl groups is 3. The van der Waals surface area contributed by atoms with Gasteiger partial charge >= 0.3 is 0 Å². The third-order valence-corrected chi connectivity index (χ3v) is 9.28. The van der Waals surface area contributed by atoms with Crippen LogP contribution in [0.2, 0.25) is 0 Å². The first kappa shape index (κ1) is 16.9. The summed E-state index contributed by atoms with van der Waals surface area (Å²) in [5.74, 6) is 1.37. The van der Waals surface area contributed by atoms with Crippen LogP contribution in [0.1, 0.15) is 52.9 Å². The molecule has 5 nitrogen and oxygen atoms in total. The summed E-state index contributed by atoms with van der Waals surface area (Å²) in [4.78, 5) is 0. The molecular weight excluding hydrogens is 320 g/mol. The first-order valence-corrected chi connectivity index (χ1v) is 10.1. The topological polar surface area (TPSA) is 79.2 Å². The molecule has 3 saturated carbocycles. The Bertz CT molecular complexity index is 595. The summed E-state index contributed by atoms with van der Waals surface area (Å²) in [5, 5.41) is 34.9. The summed E-state index contributed by atoms with van der Waals surface area (Å²) < 4.78 is 12.2. The smallest absolute Gasteiger partial charge is 0.148 e. The molecule has 2 heterocycles. The van der Waals surface area contributed by atoms with Crippen LogP contribution >= 0.6 is 0 Å². The Morgan fingerprint density at radius 2 is 1.84 bits per heavy atom. The van der Waals surface area contributed by atoms with Crippen molar-refractivity contribution in [3.05, 3.63) is 0 Å². The molecule has 0 radical (unpaired) electrons. The minimum absolute atomic E-state index is 0.0964. The van der Waals surface area contributed by atoms with E-state index in [-0.39, 0.29) is 11.8 Å². The van der Waals surface area contributed by atoms with Gasteiger partial charge in [0.15, 0.2) is 0 Å². The zero-order chi connectivity index (χ0) is 17.8. The van der Waals surface area contributed by atoms with Gasteiger partial charge in [0.1, 0.15) is 17.3 Å². The highest BCUT2D eigenvalue weighted by molar-refractivity contribution is 5.31. The highest BCUT2D eigenvalue weighted by atomic mass is 16.6. The van der Waals surface area contributed by atoms with Gasteiger partial charge in [0.05, 0.1) is 18.3 Å². The van der Waals surface area contributed by atoms with Gasteiger partial charge in [-0.05, 0) is 55.8 Å². The fraction of sp³-hybridized carbons (Fsp3) is 1.00. The fourth-order valence-electron chi connectivity index (χ4n) is 7.62. The molecule has 2 aliphatic heterocycles. The predicted octanol–water partition coefficient (Wildman–Crippen LogP) is 1.48. The van der Waals surface area contributed by atoms with Crippen LogP contribution in [0.3, 0.4) is 0 Å². The third kappa shape index (κ3) is 1.61. The summed E-state index contributed by atoms with van der Waals surface area (Å²) in [6.07, 6.45) is 2.22. The molecule has 9 atom stereocenters. The van der Waals surface area contributed by atoms with Crippen molar-refractivity contribution in [2.45, 2.75) is 81.9 Å². The Labute approximate surface area is 149 Å². The van der Waals surface area contributed by atoms with Gasteiger partial charge in [-0.3, -0.25) is 0 Å². The fourth-order valence-corrected chi connectivity index (χ4v) is 7.62. The molecule has 3 aliphatic carbocycles. The van der Waals surface area contributed by atoms with Crippen molar-refractivity contribution in [3.8, 4) is 0 Å². The summed E-state index contributed by atoms with van der Waals surface area (Å²) >= 11 is 0. The second-order valence-electron chi connectivity index (χ2n) is 10.1. The third-order valence-electron chi connectivity index (χ3n) is 9.28. The Kier molecular flexibility index (Phi) is 3.25. The van der Waals surface area contributed by atoms with Gasteiger partial charge < -0.3 is 24.8 Å². The lowest BCUT2D eigenvalue weighted by Crippen LogP contribution is -2.79. The number of rotatable bonds is 1. The van der Waals surface area contributed by atoms with E-state index < -0.39 is 34.4 Å². The molecule has 25 heavy (non-hydrogen) atoms. The highest BCUT2D eigenvalue weighted by Crippen LogP contribution is 2.70. The van der Waals surface area contributed by atoms with Crippen LogP contribution in [0.15, 0.2) is 0 Å². The first-order valence-electron chi connectivity index (χ1n) is 10.1. The summed E-state index contributed by atoms with van der Waals surface area (Å²) in [5.41, 5.74) is -3.99. The average molecular weight is 352 g/mol. The van der Waals surface area contributed by atoms with Crippen molar-refractivity contribution in [3.63, 3.8) is 0 Å². The molecule has 5 rings (SSSR count). The Hall–Kier alpha value is -0.200. The second-order valence-corrected chi connectivity index (χ2v) is 10.1. The Morgan fingerprint density at radius 3 is 2.56 bits per heavy atom. The molecule has 0 amide bonds. The highest BCUT2D eigenvalue weighted by Gasteiger charge is 2.81. The molecule has 0 aromatic heterocycles. The zero-order valence-electron chi connectivity index (χ0n) is 15.6. The molecule has 0 spiro atoms. The Morgan fingerprint density at radius 1 is 1.08 bits per heavy atom. The van der Waals surface area contributed by atoms with Gasteiger partial charge in [-0.25, -0.2) is 0 Å². The van der Waals surface area contributed by atoms with Crippen molar-refractivity contribution in [1.82, 2.24) is 0 Å². The van der Waals surface area contributed by atoms with Crippen LogP contribution < -0.4 is 0 Å². The van der Waals surface area contributed by atoms with E-state index in [1.54, 1.807) is 0 Å². The van der Waals surface area contributed by atoms with Crippen molar-refractivity contribution < 1.29 is 24.8 Å². The van der Waals surface area contributed by atoms with E-state index in [0.29, 0.717) is 31.1 Å². The number of fused-ring (bicyclic) bond motifs is 5. The van der Waals surface area contributed by atoms with Crippen LogP contribution in [0.5, 0.6) is 0 Å². The molecule has 5 aliphatic rings. The molecule has 2 bridgehead atoms. The van der Waals surface area contributed by atoms with E-state index in [0.717, 1.165) is 26.1 Å². The van der Waals surface area contributed by atoms with Crippen LogP contribution in [-0.4, -0.2) is 57.5 Å². The maximum absolute atomic E-state index is 12.0. The van der Waals surface area contributed by atoms with Crippen molar-refractivity contribution >= 4 is 0 Å². The predicted molar refractivity (Wildman–Crippen MR) is 90.8 cm³/mol. The molecule has 5 fully saturated rings. The normalized spacial score (nSPS) is 62.8. The van der Waals surface area contributed by atoms with E-state index in [4.69, 9.17) is 9.47 Å². The maximum atomic E-state index is 12.0. The van der Waals surface area contributed by atoms with Crippen LogP contribution in [0.4, 0.5) is 0 Å². The van der Waals surface area contributed by atoms with Crippen LogP contribution in [-0.2, 0) is 9.47 Å². The van der Waals surface area contributed by atoms with Crippen LogP contribution in [0.25, 0.3) is 0 Å².